The molecule has 0 saturated carbocycles. The van der Waals surface area contributed by atoms with Gasteiger partial charge in [-0.1, -0.05) is 18.2 Å². The van der Waals surface area contributed by atoms with Crippen molar-refractivity contribution in [2.75, 3.05) is 5.48 Å². The van der Waals surface area contributed by atoms with Gasteiger partial charge < -0.3 is 9.82 Å². The first-order valence-corrected chi connectivity index (χ1v) is 5.47. The lowest BCUT2D eigenvalue weighted by molar-refractivity contribution is 0.400. The lowest BCUT2D eigenvalue weighted by Gasteiger charge is -2.09. The second-order valence-electron chi connectivity index (χ2n) is 3.79. The largest absolute Gasteiger partial charge is 0.380 e. The molecule has 0 fully saturated rings. The number of rotatable bonds is 3. The summed E-state index contributed by atoms with van der Waals surface area (Å²) in [7, 11) is 0. The van der Waals surface area contributed by atoms with Crippen LogP contribution < -0.4 is 10.3 Å². The summed E-state index contributed by atoms with van der Waals surface area (Å²) >= 11 is 0. The molecule has 0 bridgehead atoms. The molecule has 0 aliphatic carbocycles. The molecule has 0 aliphatic heterocycles. The van der Waals surface area contributed by atoms with Crippen LogP contribution in [0.3, 0.4) is 0 Å². The third-order valence-corrected chi connectivity index (χ3v) is 2.57. The summed E-state index contributed by atoms with van der Waals surface area (Å²) in [5, 5.41) is 0. The molecule has 0 saturated heterocycles. The number of hydrogen-bond acceptors (Lipinski definition) is 5. The molecule has 2 N–H and O–H groups in total. The fraction of sp³-hybridized carbons (Fsp3) is 0.0833. The minimum Gasteiger partial charge on any atom is -0.380 e. The Labute approximate surface area is 103 Å². The molecule has 1 aromatic carbocycles. The minimum absolute atomic E-state index is 0.556. The Kier molecular flexibility index (Phi) is 2.53. The Morgan fingerprint density at radius 3 is 2.94 bits per heavy atom. The highest BCUT2D eigenvalue weighted by atomic mass is 16.6. The van der Waals surface area contributed by atoms with E-state index in [-0.39, 0.29) is 0 Å². The van der Waals surface area contributed by atoms with Crippen molar-refractivity contribution in [1.82, 2.24) is 19.9 Å². The summed E-state index contributed by atoms with van der Waals surface area (Å²) in [5.74, 6) is 1.31. The van der Waals surface area contributed by atoms with Crippen LogP contribution in [0.15, 0.2) is 36.9 Å². The third kappa shape index (κ3) is 1.84. The van der Waals surface area contributed by atoms with Crippen molar-refractivity contribution in [1.29, 1.82) is 0 Å². The standard InChI is InChI=1S/C12H11N5O/c1-8-4-2-3-5-9(8)18-17-12-10-11(14-6-13-10)15-7-16-12/h2-7H,1H3,(H2,13,14,15,16,17). The first-order valence-electron chi connectivity index (χ1n) is 5.47. The molecule has 2 heterocycles. The average Bonchev–Trinajstić information content (AvgIpc) is 2.86. The van der Waals surface area contributed by atoms with Crippen molar-refractivity contribution in [2.45, 2.75) is 6.92 Å². The van der Waals surface area contributed by atoms with Crippen LogP contribution in [-0.4, -0.2) is 19.9 Å². The number of aromatic amines is 1. The van der Waals surface area contributed by atoms with Gasteiger partial charge in [0.05, 0.1) is 6.33 Å². The Morgan fingerprint density at radius 1 is 1.17 bits per heavy atom. The van der Waals surface area contributed by atoms with E-state index in [0.717, 1.165) is 11.3 Å². The van der Waals surface area contributed by atoms with Gasteiger partial charge in [-0.05, 0) is 18.6 Å². The maximum Gasteiger partial charge on any atom is 0.189 e. The minimum atomic E-state index is 0.556. The lowest BCUT2D eigenvalue weighted by atomic mass is 10.2. The molecule has 0 radical (unpaired) electrons. The molecule has 6 nitrogen and oxygen atoms in total. The van der Waals surface area contributed by atoms with Crippen molar-refractivity contribution in [2.24, 2.45) is 0 Å². The molecule has 3 aromatic rings. The molecule has 0 unspecified atom stereocenters. The second-order valence-corrected chi connectivity index (χ2v) is 3.79. The second kappa shape index (κ2) is 4.33. The number of aromatic nitrogens is 4. The van der Waals surface area contributed by atoms with E-state index in [9.17, 15) is 0 Å². The quantitative estimate of drug-likeness (QED) is 0.686. The molecule has 3 rings (SSSR count). The van der Waals surface area contributed by atoms with E-state index < -0.39 is 0 Å². The summed E-state index contributed by atoms with van der Waals surface area (Å²) in [6, 6.07) is 7.73. The highest BCUT2D eigenvalue weighted by Gasteiger charge is 2.06. The van der Waals surface area contributed by atoms with Gasteiger partial charge in [-0.25, -0.2) is 20.4 Å². The van der Waals surface area contributed by atoms with Gasteiger partial charge in [0.15, 0.2) is 17.2 Å². The molecule has 0 atom stereocenters. The van der Waals surface area contributed by atoms with E-state index in [1.807, 2.05) is 31.2 Å². The number of nitrogens with one attached hydrogen (secondary N) is 2. The molecular formula is C12H11N5O. The lowest BCUT2D eigenvalue weighted by Crippen LogP contribution is -2.08. The fourth-order valence-electron chi connectivity index (χ4n) is 1.62. The molecule has 90 valence electrons. The number of aryl methyl sites for hydroxylation is 1. The van der Waals surface area contributed by atoms with Gasteiger partial charge in [0, 0.05) is 0 Å². The maximum absolute atomic E-state index is 5.51. The molecule has 2 aromatic heterocycles. The number of hydrogen-bond donors (Lipinski definition) is 2. The van der Waals surface area contributed by atoms with Gasteiger partial charge in [-0.3, -0.25) is 0 Å². The molecular weight excluding hydrogens is 230 g/mol. The van der Waals surface area contributed by atoms with Gasteiger partial charge in [-0.2, -0.15) is 0 Å². The average molecular weight is 241 g/mol. The van der Waals surface area contributed by atoms with Gasteiger partial charge in [0.2, 0.25) is 0 Å². The highest BCUT2D eigenvalue weighted by molar-refractivity contribution is 5.81. The first kappa shape index (κ1) is 10.5. The SMILES string of the molecule is Cc1ccccc1ONc1ncnc2nc[nH]c12. The smallest absolute Gasteiger partial charge is 0.189 e. The van der Waals surface area contributed by atoms with Crippen LogP contribution in [0.4, 0.5) is 5.82 Å². The third-order valence-electron chi connectivity index (χ3n) is 2.57. The number of nitrogens with zero attached hydrogens (tertiary/aromatic N) is 3. The van der Waals surface area contributed by atoms with E-state index in [2.05, 4.69) is 25.4 Å². The topological polar surface area (TPSA) is 75.7 Å². The Morgan fingerprint density at radius 2 is 2.06 bits per heavy atom. The summed E-state index contributed by atoms with van der Waals surface area (Å²) in [6.07, 6.45) is 3.00. The highest BCUT2D eigenvalue weighted by Crippen LogP contribution is 2.19. The maximum atomic E-state index is 5.51. The Bertz CT molecular complexity index is 679. The number of imidazole rings is 1. The van der Waals surface area contributed by atoms with E-state index >= 15 is 0 Å². The van der Waals surface area contributed by atoms with E-state index in [0.29, 0.717) is 17.0 Å². The zero-order valence-electron chi connectivity index (χ0n) is 9.71. The molecule has 0 spiro atoms. The Hall–Kier alpha value is -2.63. The first-order chi connectivity index (χ1) is 8.84. The van der Waals surface area contributed by atoms with Crippen molar-refractivity contribution < 1.29 is 4.84 Å². The van der Waals surface area contributed by atoms with Crippen molar-refractivity contribution in [3.63, 3.8) is 0 Å². The predicted molar refractivity (Wildman–Crippen MR) is 67.1 cm³/mol. The normalized spacial score (nSPS) is 10.5. The number of para-hydroxylation sites is 1. The monoisotopic (exact) mass is 241 g/mol. The molecule has 0 amide bonds. The van der Waals surface area contributed by atoms with Crippen molar-refractivity contribution in [3.8, 4) is 5.75 Å². The number of anilines is 1. The van der Waals surface area contributed by atoms with Crippen LogP contribution in [0.25, 0.3) is 11.2 Å². The fourth-order valence-corrected chi connectivity index (χ4v) is 1.62. The van der Waals surface area contributed by atoms with Crippen molar-refractivity contribution >= 4 is 17.0 Å². The van der Waals surface area contributed by atoms with Crippen LogP contribution in [-0.2, 0) is 0 Å². The van der Waals surface area contributed by atoms with Crippen LogP contribution in [0.1, 0.15) is 5.56 Å². The van der Waals surface area contributed by atoms with E-state index in [1.54, 1.807) is 6.33 Å². The van der Waals surface area contributed by atoms with Gasteiger partial charge >= 0.3 is 0 Å². The number of H-pyrrole nitrogens is 1. The van der Waals surface area contributed by atoms with Crippen LogP contribution in [0.5, 0.6) is 5.75 Å². The summed E-state index contributed by atoms with van der Waals surface area (Å²) in [4.78, 5) is 20.7. The summed E-state index contributed by atoms with van der Waals surface area (Å²) < 4.78 is 0. The van der Waals surface area contributed by atoms with Crippen LogP contribution in [0, 0.1) is 6.92 Å². The van der Waals surface area contributed by atoms with Crippen molar-refractivity contribution in [3.05, 3.63) is 42.5 Å². The predicted octanol–water partition coefficient (Wildman–Crippen LogP) is 2.07. The molecule has 6 heteroatoms. The number of fused-ring (bicyclic) bond motifs is 1. The van der Waals surface area contributed by atoms with Crippen LogP contribution in [0.2, 0.25) is 0 Å². The molecule has 0 aliphatic rings. The zero-order chi connectivity index (χ0) is 12.4. The Balaban J connectivity index is 1.85. The zero-order valence-corrected chi connectivity index (χ0v) is 9.71. The van der Waals surface area contributed by atoms with Gasteiger partial charge in [0.1, 0.15) is 11.8 Å². The van der Waals surface area contributed by atoms with Gasteiger partial charge in [0.25, 0.3) is 0 Å². The van der Waals surface area contributed by atoms with Crippen LogP contribution >= 0.6 is 0 Å². The van der Waals surface area contributed by atoms with E-state index in [1.165, 1.54) is 6.33 Å². The van der Waals surface area contributed by atoms with Gasteiger partial charge in [-0.15, -0.1) is 0 Å². The molecule has 18 heavy (non-hydrogen) atoms. The summed E-state index contributed by atoms with van der Waals surface area (Å²) in [5.41, 5.74) is 5.16. The number of benzene rings is 1. The summed E-state index contributed by atoms with van der Waals surface area (Å²) in [6.45, 7) is 1.97. The van der Waals surface area contributed by atoms with E-state index in [4.69, 9.17) is 4.84 Å².